The summed E-state index contributed by atoms with van der Waals surface area (Å²) in [6.07, 6.45) is 1.77. The van der Waals surface area contributed by atoms with Crippen LogP contribution in [0.4, 0.5) is 11.4 Å². The molecule has 6 heteroatoms. The Morgan fingerprint density at radius 2 is 2.35 bits per heavy atom. The number of nitrogens with two attached hydrogens (primary N) is 1. The van der Waals surface area contributed by atoms with Crippen LogP contribution in [0.3, 0.4) is 0 Å². The van der Waals surface area contributed by atoms with Crippen molar-refractivity contribution in [2.45, 2.75) is 19.9 Å². The number of hydrogen-bond acceptors (Lipinski definition) is 6. The van der Waals surface area contributed by atoms with E-state index in [2.05, 4.69) is 10.3 Å². The van der Waals surface area contributed by atoms with Crippen LogP contribution in [0.5, 0.6) is 0 Å². The van der Waals surface area contributed by atoms with Gasteiger partial charge in [-0.15, -0.1) is 11.3 Å². The summed E-state index contributed by atoms with van der Waals surface area (Å²) in [5.74, 6) is -0.362. The lowest BCUT2D eigenvalue weighted by Crippen LogP contribution is -2.10. The Balaban J connectivity index is 2.12. The number of nitrogens with zero attached hydrogens (tertiary/aromatic N) is 1. The van der Waals surface area contributed by atoms with Crippen LogP contribution in [-0.2, 0) is 4.74 Å². The molecule has 1 atom stereocenters. The van der Waals surface area contributed by atoms with Gasteiger partial charge in [0.2, 0.25) is 0 Å². The highest BCUT2D eigenvalue weighted by Gasteiger charge is 2.12. The number of carbonyl (C=O) groups excluding carboxylic acids is 1. The van der Waals surface area contributed by atoms with Crippen molar-refractivity contribution >= 4 is 28.7 Å². The summed E-state index contributed by atoms with van der Waals surface area (Å²) >= 11 is 1.58. The highest BCUT2D eigenvalue weighted by Crippen LogP contribution is 2.26. The molecule has 20 heavy (non-hydrogen) atoms. The van der Waals surface area contributed by atoms with Crippen LogP contribution in [0.1, 0.15) is 35.3 Å². The minimum absolute atomic E-state index is 0.0609. The molecule has 0 fully saturated rings. The topological polar surface area (TPSA) is 77.2 Å². The molecule has 0 aliphatic heterocycles. The number of hydrogen-bond donors (Lipinski definition) is 2. The highest BCUT2D eigenvalue weighted by molar-refractivity contribution is 7.09. The molecule has 0 amide bonds. The van der Waals surface area contributed by atoms with Gasteiger partial charge in [0.25, 0.3) is 0 Å². The summed E-state index contributed by atoms with van der Waals surface area (Å²) in [5.41, 5.74) is 7.72. The molecule has 1 unspecified atom stereocenters. The quantitative estimate of drug-likeness (QED) is 0.654. The molecule has 0 bridgehead atoms. The minimum Gasteiger partial charge on any atom is -0.462 e. The van der Waals surface area contributed by atoms with E-state index in [0.29, 0.717) is 17.9 Å². The van der Waals surface area contributed by atoms with Gasteiger partial charge in [0.15, 0.2) is 0 Å². The predicted octanol–water partition coefficient (Wildman–Crippen LogP) is 3.08. The van der Waals surface area contributed by atoms with Crippen molar-refractivity contribution in [1.82, 2.24) is 4.98 Å². The van der Waals surface area contributed by atoms with Crippen molar-refractivity contribution in [3.05, 3.63) is 40.3 Å². The fraction of sp³-hybridized carbons (Fsp3) is 0.286. The summed E-state index contributed by atoms with van der Waals surface area (Å²) in [4.78, 5) is 15.9. The number of thiazole rings is 1. The molecule has 0 aliphatic carbocycles. The van der Waals surface area contributed by atoms with Gasteiger partial charge < -0.3 is 15.8 Å². The second kappa shape index (κ2) is 6.38. The average Bonchev–Trinajstić information content (AvgIpc) is 2.95. The predicted molar refractivity (Wildman–Crippen MR) is 81.0 cm³/mol. The van der Waals surface area contributed by atoms with Gasteiger partial charge in [-0.3, -0.25) is 0 Å². The van der Waals surface area contributed by atoms with E-state index in [0.717, 1.165) is 10.7 Å². The first-order valence-corrected chi connectivity index (χ1v) is 7.22. The van der Waals surface area contributed by atoms with Gasteiger partial charge in [0.05, 0.1) is 29.6 Å². The molecule has 0 aliphatic rings. The van der Waals surface area contributed by atoms with Gasteiger partial charge in [-0.05, 0) is 32.0 Å². The van der Waals surface area contributed by atoms with E-state index in [4.69, 9.17) is 10.5 Å². The highest BCUT2D eigenvalue weighted by atomic mass is 32.1. The van der Waals surface area contributed by atoms with Gasteiger partial charge in [-0.1, -0.05) is 0 Å². The van der Waals surface area contributed by atoms with Crippen LogP contribution in [0.15, 0.2) is 29.8 Å². The van der Waals surface area contributed by atoms with Crippen molar-refractivity contribution in [2.24, 2.45) is 0 Å². The lowest BCUT2D eigenvalue weighted by Gasteiger charge is -2.15. The molecule has 1 heterocycles. The van der Waals surface area contributed by atoms with Crippen molar-refractivity contribution in [2.75, 3.05) is 17.7 Å². The number of carbonyl (C=O) groups is 1. The summed E-state index contributed by atoms with van der Waals surface area (Å²) in [6, 6.07) is 5.16. The van der Waals surface area contributed by atoms with Crippen LogP contribution in [0.2, 0.25) is 0 Å². The van der Waals surface area contributed by atoms with E-state index in [9.17, 15) is 4.79 Å². The van der Waals surface area contributed by atoms with Gasteiger partial charge >= 0.3 is 5.97 Å². The first-order valence-electron chi connectivity index (χ1n) is 6.34. The molecule has 0 saturated carbocycles. The second-order valence-corrected chi connectivity index (χ2v) is 5.19. The Bertz CT molecular complexity index is 584. The molecule has 1 aromatic carbocycles. The van der Waals surface area contributed by atoms with Gasteiger partial charge in [0, 0.05) is 11.6 Å². The minimum atomic E-state index is -0.362. The number of nitrogens with one attached hydrogen (secondary N) is 1. The average molecular weight is 291 g/mol. The zero-order valence-corrected chi connectivity index (χ0v) is 12.2. The molecule has 106 valence electrons. The first kappa shape index (κ1) is 14.3. The fourth-order valence-corrected chi connectivity index (χ4v) is 2.42. The number of anilines is 2. The second-order valence-electron chi connectivity index (χ2n) is 4.26. The van der Waals surface area contributed by atoms with Gasteiger partial charge in [-0.25, -0.2) is 9.78 Å². The first-order chi connectivity index (χ1) is 9.61. The molecule has 0 saturated heterocycles. The maximum atomic E-state index is 11.6. The van der Waals surface area contributed by atoms with Gasteiger partial charge in [0.1, 0.15) is 5.01 Å². The Kier molecular flexibility index (Phi) is 4.57. The van der Waals surface area contributed by atoms with Crippen LogP contribution in [0.25, 0.3) is 0 Å². The third-order valence-electron chi connectivity index (χ3n) is 2.76. The molecule has 3 N–H and O–H groups in total. The zero-order chi connectivity index (χ0) is 14.5. The zero-order valence-electron chi connectivity index (χ0n) is 11.4. The fourth-order valence-electron chi connectivity index (χ4n) is 1.78. The largest absolute Gasteiger partial charge is 0.462 e. The number of ether oxygens (including phenoxy) is 1. The van der Waals surface area contributed by atoms with Crippen LogP contribution < -0.4 is 11.1 Å². The molecular formula is C14H17N3O2S. The molecule has 1 aromatic heterocycles. The Labute approximate surface area is 121 Å². The van der Waals surface area contributed by atoms with Crippen LogP contribution in [-0.4, -0.2) is 17.6 Å². The van der Waals surface area contributed by atoms with Crippen LogP contribution >= 0.6 is 11.3 Å². The smallest absolute Gasteiger partial charge is 0.338 e. The van der Waals surface area contributed by atoms with Crippen molar-refractivity contribution < 1.29 is 9.53 Å². The molecule has 2 aromatic rings. The number of esters is 1. The summed E-state index contributed by atoms with van der Waals surface area (Å²) in [5, 5.41) is 6.20. The SMILES string of the molecule is CCOC(=O)c1ccc(NC(C)c2nccs2)c(N)c1. The number of nitrogen functional groups attached to an aromatic ring is 1. The normalized spacial score (nSPS) is 11.9. The maximum Gasteiger partial charge on any atom is 0.338 e. The van der Waals surface area contributed by atoms with E-state index < -0.39 is 0 Å². The molecule has 2 rings (SSSR count). The monoisotopic (exact) mass is 291 g/mol. The van der Waals surface area contributed by atoms with E-state index in [1.165, 1.54) is 0 Å². The maximum absolute atomic E-state index is 11.6. The number of aromatic nitrogens is 1. The lowest BCUT2D eigenvalue weighted by molar-refractivity contribution is 0.0526. The molecular weight excluding hydrogens is 274 g/mol. The molecule has 0 radical (unpaired) electrons. The Morgan fingerprint density at radius 1 is 1.55 bits per heavy atom. The standard InChI is InChI=1S/C14H17N3O2S/c1-3-19-14(18)10-4-5-12(11(15)8-10)17-9(2)13-16-6-7-20-13/h4-9,17H,3,15H2,1-2H3. The number of benzene rings is 1. The lowest BCUT2D eigenvalue weighted by atomic mass is 10.1. The van der Waals surface area contributed by atoms with Crippen LogP contribution in [0, 0.1) is 0 Å². The third-order valence-corrected chi connectivity index (χ3v) is 3.71. The molecule has 0 spiro atoms. The third kappa shape index (κ3) is 3.27. The summed E-state index contributed by atoms with van der Waals surface area (Å²) in [6.45, 7) is 4.13. The van der Waals surface area contributed by atoms with Crippen molar-refractivity contribution in [1.29, 1.82) is 0 Å². The van der Waals surface area contributed by atoms with Crippen molar-refractivity contribution in [3.63, 3.8) is 0 Å². The summed E-state index contributed by atoms with van der Waals surface area (Å²) < 4.78 is 4.94. The van der Waals surface area contributed by atoms with E-state index in [1.54, 1.807) is 42.7 Å². The van der Waals surface area contributed by atoms with E-state index >= 15 is 0 Å². The van der Waals surface area contributed by atoms with E-state index in [-0.39, 0.29) is 12.0 Å². The molecule has 5 nitrogen and oxygen atoms in total. The van der Waals surface area contributed by atoms with Gasteiger partial charge in [-0.2, -0.15) is 0 Å². The summed E-state index contributed by atoms with van der Waals surface area (Å²) in [7, 11) is 0. The Morgan fingerprint density at radius 3 is 2.95 bits per heavy atom. The van der Waals surface area contributed by atoms with E-state index in [1.807, 2.05) is 12.3 Å². The number of rotatable bonds is 5. The Hall–Kier alpha value is -2.08. The van der Waals surface area contributed by atoms with Crippen molar-refractivity contribution in [3.8, 4) is 0 Å².